The summed E-state index contributed by atoms with van der Waals surface area (Å²) in [7, 11) is 0. The van der Waals surface area contributed by atoms with Crippen molar-refractivity contribution in [2.45, 2.75) is 6.92 Å². The molecule has 0 atom stereocenters. The molecule has 2 aromatic carbocycles. The van der Waals surface area contributed by atoms with Crippen LogP contribution in [0.25, 0.3) is 16.8 Å². The van der Waals surface area contributed by atoms with Gasteiger partial charge in [0.05, 0.1) is 11.9 Å². The SMILES string of the molecule is Cc1ccccc1-c1cnn(-c2cccc(N)c2)c1. The lowest BCUT2D eigenvalue weighted by Crippen LogP contribution is -1.95. The molecule has 19 heavy (non-hydrogen) atoms. The molecule has 3 aromatic rings. The molecule has 2 N–H and O–H groups in total. The van der Waals surface area contributed by atoms with Gasteiger partial charge in [0.25, 0.3) is 0 Å². The van der Waals surface area contributed by atoms with E-state index in [2.05, 4.69) is 24.2 Å². The number of nitrogens with zero attached hydrogens (tertiary/aromatic N) is 2. The smallest absolute Gasteiger partial charge is 0.0666 e. The number of aryl methyl sites for hydroxylation is 1. The van der Waals surface area contributed by atoms with E-state index in [1.54, 1.807) is 0 Å². The van der Waals surface area contributed by atoms with Gasteiger partial charge in [-0.2, -0.15) is 5.10 Å². The van der Waals surface area contributed by atoms with Gasteiger partial charge in [0.15, 0.2) is 0 Å². The molecule has 0 amide bonds. The van der Waals surface area contributed by atoms with Gasteiger partial charge in [0.1, 0.15) is 0 Å². The molecule has 0 unspecified atom stereocenters. The van der Waals surface area contributed by atoms with Crippen molar-refractivity contribution in [1.29, 1.82) is 0 Å². The summed E-state index contributed by atoms with van der Waals surface area (Å²) >= 11 is 0. The quantitative estimate of drug-likeness (QED) is 0.707. The molecule has 94 valence electrons. The van der Waals surface area contributed by atoms with Crippen molar-refractivity contribution in [3.05, 3.63) is 66.5 Å². The molecule has 0 saturated carbocycles. The highest BCUT2D eigenvalue weighted by atomic mass is 15.3. The Hall–Kier alpha value is -2.55. The van der Waals surface area contributed by atoms with Crippen molar-refractivity contribution >= 4 is 5.69 Å². The van der Waals surface area contributed by atoms with E-state index in [0.717, 1.165) is 16.9 Å². The fourth-order valence-corrected chi connectivity index (χ4v) is 2.17. The second-order valence-corrected chi connectivity index (χ2v) is 4.58. The predicted molar refractivity (Wildman–Crippen MR) is 78.1 cm³/mol. The Morgan fingerprint density at radius 1 is 1.05 bits per heavy atom. The first-order chi connectivity index (χ1) is 9.24. The highest BCUT2D eigenvalue weighted by molar-refractivity contribution is 5.66. The molecule has 0 aliphatic carbocycles. The Kier molecular flexibility index (Phi) is 2.80. The van der Waals surface area contributed by atoms with E-state index < -0.39 is 0 Å². The van der Waals surface area contributed by atoms with Crippen LogP contribution < -0.4 is 5.73 Å². The van der Waals surface area contributed by atoms with E-state index >= 15 is 0 Å². The highest BCUT2D eigenvalue weighted by Crippen LogP contribution is 2.23. The lowest BCUT2D eigenvalue weighted by Gasteiger charge is -2.03. The molecular weight excluding hydrogens is 234 g/mol. The molecule has 0 aliphatic rings. The third kappa shape index (κ3) is 2.22. The largest absolute Gasteiger partial charge is 0.399 e. The van der Waals surface area contributed by atoms with Crippen molar-refractivity contribution < 1.29 is 0 Å². The van der Waals surface area contributed by atoms with Crippen LogP contribution in [0.1, 0.15) is 5.56 Å². The summed E-state index contributed by atoms with van der Waals surface area (Å²) in [6, 6.07) is 16.0. The Bertz CT molecular complexity index is 713. The van der Waals surface area contributed by atoms with Crippen LogP contribution in [-0.4, -0.2) is 9.78 Å². The van der Waals surface area contributed by atoms with Crippen molar-refractivity contribution in [1.82, 2.24) is 9.78 Å². The third-order valence-electron chi connectivity index (χ3n) is 3.17. The number of hydrogen-bond acceptors (Lipinski definition) is 2. The fourth-order valence-electron chi connectivity index (χ4n) is 2.17. The zero-order valence-electron chi connectivity index (χ0n) is 10.7. The first-order valence-corrected chi connectivity index (χ1v) is 6.20. The molecule has 3 rings (SSSR count). The van der Waals surface area contributed by atoms with Gasteiger partial charge in [-0.25, -0.2) is 4.68 Å². The van der Waals surface area contributed by atoms with Gasteiger partial charge >= 0.3 is 0 Å². The van der Waals surface area contributed by atoms with Crippen LogP contribution in [0.15, 0.2) is 60.9 Å². The van der Waals surface area contributed by atoms with Gasteiger partial charge in [-0.1, -0.05) is 30.3 Å². The first kappa shape index (κ1) is 11.5. The molecule has 3 nitrogen and oxygen atoms in total. The Morgan fingerprint density at radius 3 is 2.68 bits per heavy atom. The standard InChI is InChI=1S/C16H15N3/c1-12-5-2-3-8-16(12)13-10-18-19(11-13)15-7-4-6-14(17)9-15/h2-11H,17H2,1H3. The topological polar surface area (TPSA) is 43.8 Å². The van der Waals surface area contributed by atoms with E-state index in [0.29, 0.717) is 0 Å². The second-order valence-electron chi connectivity index (χ2n) is 4.58. The molecular formula is C16H15N3. The van der Waals surface area contributed by atoms with Gasteiger partial charge in [0.2, 0.25) is 0 Å². The number of nitrogen functional groups attached to an aromatic ring is 1. The van der Waals surface area contributed by atoms with Crippen LogP contribution in [0, 0.1) is 6.92 Å². The Balaban J connectivity index is 2.03. The van der Waals surface area contributed by atoms with E-state index in [1.807, 2.05) is 53.5 Å². The van der Waals surface area contributed by atoms with Gasteiger partial charge in [-0.05, 0) is 36.2 Å². The zero-order chi connectivity index (χ0) is 13.2. The van der Waals surface area contributed by atoms with E-state index in [1.165, 1.54) is 11.1 Å². The minimum atomic E-state index is 0.741. The third-order valence-corrected chi connectivity index (χ3v) is 3.17. The number of nitrogens with two attached hydrogens (primary N) is 1. The predicted octanol–water partition coefficient (Wildman–Crippen LogP) is 3.43. The van der Waals surface area contributed by atoms with E-state index in [-0.39, 0.29) is 0 Å². The average Bonchev–Trinajstić information content (AvgIpc) is 2.89. The summed E-state index contributed by atoms with van der Waals surface area (Å²) < 4.78 is 1.85. The van der Waals surface area contributed by atoms with Crippen molar-refractivity contribution in [3.8, 4) is 16.8 Å². The summed E-state index contributed by atoms with van der Waals surface area (Å²) in [5, 5.41) is 4.41. The van der Waals surface area contributed by atoms with E-state index in [4.69, 9.17) is 5.73 Å². The molecule has 1 aromatic heterocycles. The summed E-state index contributed by atoms with van der Waals surface area (Å²) in [4.78, 5) is 0. The lowest BCUT2D eigenvalue weighted by molar-refractivity contribution is 0.881. The molecule has 3 heteroatoms. The second kappa shape index (κ2) is 4.61. The highest BCUT2D eigenvalue weighted by Gasteiger charge is 2.05. The molecule has 0 aliphatic heterocycles. The van der Waals surface area contributed by atoms with Gasteiger partial charge in [-0.15, -0.1) is 0 Å². The summed E-state index contributed by atoms with van der Waals surface area (Å²) in [6.07, 6.45) is 3.91. The molecule has 0 fully saturated rings. The maximum Gasteiger partial charge on any atom is 0.0666 e. The zero-order valence-corrected chi connectivity index (χ0v) is 10.7. The van der Waals surface area contributed by atoms with E-state index in [9.17, 15) is 0 Å². The molecule has 0 bridgehead atoms. The maximum atomic E-state index is 5.80. The summed E-state index contributed by atoms with van der Waals surface area (Å²) in [5.74, 6) is 0. The van der Waals surface area contributed by atoms with Crippen molar-refractivity contribution in [2.75, 3.05) is 5.73 Å². The van der Waals surface area contributed by atoms with Gasteiger partial charge < -0.3 is 5.73 Å². The molecule has 0 radical (unpaired) electrons. The van der Waals surface area contributed by atoms with Crippen LogP contribution in [0.5, 0.6) is 0 Å². The van der Waals surface area contributed by atoms with Gasteiger partial charge in [0, 0.05) is 17.4 Å². The number of hydrogen-bond donors (Lipinski definition) is 1. The monoisotopic (exact) mass is 249 g/mol. The van der Waals surface area contributed by atoms with Crippen LogP contribution in [0.2, 0.25) is 0 Å². The normalized spacial score (nSPS) is 10.6. The Labute approximate surface area is 112 Å². The fraction of sp³-hybridized carbons (Fsp3) is 0.0625. The number of anilines is 1. The lowest BCUT2D eigenvalue weighted by atomic mass is 10.0. The molecule has 1 heterocycles. The number of rotatable bonds is 2. The maximum absolute atomic E-state index is 5.80. The summed E-state index contributed by atoms with van der Waals surface area (Å²) in [5.41, 5.74) is 11.1. The molecule has 0 spiro atoms. The average molecular weight is 249 g/mol. The molecule has 0 saturated heterocycles. The van der Waals surface area contributed by atoms with Crippen molar-refractivity contribution in [2.24, 2.45) is 0 Å². The van der Waals surface area contributed by atoms with Gasteiger partial charge in [-0.3, -0.25) is 0 Å². The van der Waals surface area contributed by atoms with Crippen LogP contribution in [-0.2, 0) is 0 Å². The van der Waals surface area contributed by atoms with Crippen LogP contribution in [0.4, 0.5) is 5.69 Å². The Morgan fingerprint density at radius 2 is 1.89 bits per heavy atom. The van der Waals surface area contributed by atoms with Crippen molar-refractivity contribution in [3.63, 3.8) is 0 Å². The number of benzene rings is 2. The minimum Gasteiger partial charge on any atom is -0.399 e. The summed E-state index contributed by atoms with van der Waals surface area (Å²) in [6.45, 7) is 2.10. The number of aromatic nitrogens is 2. The first-order valence-electron chi connectivity index (χ1n) is 6.20. The van der Waals surface area contributed by atoms with Crippen LogP contribution in [0.3, 0.4) is 0 Å². The minimum absolute atomic E-state index is 0.741. The van der Waals surface area contributed by atoms with Crippen LogP contribution >= 0.6 is 0 Å².